The Hall–Kier alpha value is -1.86. The molecule has 43 heavy (non-hydrogen) atoms. The van der Waals surface area contributed by atoms with Crippen molar-refractivity contribution < 1.29 is 0 Å². The van der Waals surface area contributed by atoms with E-state index >= 15 is 0 Å². The van der Waals surface area contributed by atoms with E-state index < -0.39 is 0 Å². The first-order chi connectivity index (χ1) is 20.0. The molecule has 0 heterocycles. The Morgan fingerprint density at radius 1 is 1.05 bits per heavy atom. The van der Waals surface area contributed by atoms with Crippen LogP contribution in [0.15, 0.2) is 71.4 Å². The summed E-state index contributed by atoms with van der Waals surface area (Å²) in [5.41, 5.74) is 10.4. The lowest BCUT2D eigenvalue weighted by Crippen LogP contribution is -2.83. The molecule has 1 nitrogen and oxygen atoms in total. The fourth-order valence-corrected chi connectivity index (χ4v) is 10.3. The topological polar surface area (TPSA) is 3.24 Å². The molecule has 1 aromatic rings. The number of nitrogens with zero attached hydrogens (tertiary/aromatic N) is 1. The van der Waals surface area contributed by atoms with E-state index in [9.17, 15) is 0 Å². The smallest absolute Gasteiger partial charge is 0.0206 e. The summed E-state index contributed by atoms with van der Waals surface area (Å²) in [5.74, 6) is 1.71. The molecule has 5 atom stereocenters. The van der Waals surface area contributed by atoms with Crippen molar-refractivity contribution in [2.75, 3.05) is 13.1 Å². The van der Waals surface area contributed by atoms with Crippen molar-refractivity contribution in [3.05, 3.63) is 82.5 Å². The number of rotatable bonds is 11. The Kier molecular flexibility index (Phi) is 8.46. The highest BCUT2D eigenvalue weighted by atomic mass is 15.2. The molecule has 4 aliphatic carbocycles. The molecular formula is C42H63N. The van der Waals surface area contributed by atoms with E-state index in [2.05, 4.69) is 130 Å². The molecule has 4 aliphatic rings. The largest absolute Gasteiger partial charge is 0.299 e. The van der Waals surface area contributed by atoms with E-state index in [1.807, 2.05) is 0 Å². The zero-order valence-corrected chi connectivity index (χ0v) is 29.8. The first-order valence-electron chi connectivity index (χ1n) is 17.5. The van der Waals surface area contributed by atoms with Gasteiger partial charge in [0.15, 0.2) is 0 Å². The number of hydrogen-bond donors (Lipinski definition) is 0. The zero-order chi connectivity index (χ0) is 31.6. The molecule has 1 heteroatoms. The summed E-state index contributed by atoms with van der Waals surface area (Å²) in [6.45, 7) is 34.2. The van der Waals surface area contributed by atoms with Gasteiger partial charge in [0.1, 0.15) is 0 Å². The summed E-state index contributed by atoms with van der Waals surface area (Å²) in [6.07, 6.45) is 16.0. The lowest BCUT2D eigenvalue weighted by atomic mass is 9.18. The normalized spacial score (nSPS) is 32.9. The molecule has 0 bridgehead atoms. The van der Waals surface area contributed by atoms with Crippen LogP contribution in [0, 0.1) is 45.8 Å². The molecule has 0 N–H and O–H groups in total. The van der Waals surface area contributed by atoms with Gasteiger partial charge in [0, 0.05) is 18.0 Å². The van der Waals surface area contributed by atoms with Gasteiger partial charge in [-0.2, -0.15) is 0 Å². The number of allylic oxidation sites excluding steroid dienone is 6. The van der Waals surface area contributed by atoms with E-state index in [4.69, 9.17) is 0 Å². The molecule has 3 saturated carbocycles. The summed E-state index contributed by atoms with van der Waals surface area (Å²) in [6, 6.07) is 9.57. The van der Waals surface area contributed by atoms with Crippen molar-refractivity contribution in [1.82, 2.24) is 4.90 Å². The van der Waals surface area contributed by atoms with Gasteiger partial charge in [0.2, 0.25) is 0 Å². The Labute approximate surface area is 266 Å². The lowest BCUT2D eigenvalue weighted by molar-refractivity contribution is -0.360. The molecule has 0 aliphatic heterocycles. The summed E-state index contributed by atoms with van der Waals surface area (Å²) >= 11 is 0. The molecule has 4 unspecified atom stereocenters. The standard InChI is InChI=1S/C42H63N/c1-13-32(23-30(4)24-33-17-15-29(3)16-18-33)21-22-35-25-37(43(14-2)27-34-19-20-34)42-26-36(39(9,10)38(6,7)8)41(42,12)28-40(42,11)31(35)5/h13,15-18,21-22,34,36-37H,4,14,19-20,23-28H2,1-3,5-12H3/b22-21-,32-13-/t36-,37?,40?,41?,42?/m1/s1. The molecule has 0 amide bonds. The Balaban J connectivity index is 1.42. The van der Waals surface area contributed by atoms with E-state index in [1.165, 1.54) is 67.5 Å². The first kappa shape index (κ1) is 32.5. The number of hydrogen-bond acceptors (Lipinski definition) is 1. The van der Waals surface area contributed by atoms with Gasteiger partial charge in [-0.1, -0.05) is 121 Å². The third-order valence-corrected chi connectivity index (χ3v) is 14.1. The van der Waals surface area contributed by atoms with Crippen molar-refractivity contribution in [3.8, 4) is 0 Å². The van der Waals surface area contributed by atoms with Crippen LogP contribution in [0.4, 0.5) is 0 Å². The number of aryl methyl sites for hydroxylation is 1. The van der Waals surface area contributed by atoms with Crippen LogP contribution in [-0.4, -0.2) is 24.0 Å². The minimum Gasteiger partial charge on any atom is -0.299 e. The summed E-state index contributed by atoms with van der Waals surface area (Å²) < 4.78 is 0. The SMILES string of the molecule is C=C(CC(/C=C\C1=C(C)C2(C)CC3(C)[C@@H](C(C)(C)C(C)(C)C)CC23C(N(CC)CC2CC2)C1)=C\C)Cc1ccc(C)cc1. The predicted octanol–water partition coefficient (Wildman–Crippen LogP) is 11.3. The molecule has 3 fully saturated rings. The Morgan fingerprint density at radius 3 is 2.23 bits per heavy atom. The molecule has 0 aromatic heterocycles. The Morgan fingerprint density at radius 2 is 1.70 bits per heavy atom. The fourth-order valence-electron chi connectivity index (χ4n) is 10.3. The average molecular weight is 582 g/mol. The quantitative estimate of drug-likeness (QED) is 0.186. The maximum atomic E-state index is 4.48. The van der Waals surface area contributed by atoms with Crippen LogP contribution in [0.2, 0.25) is 0 Å². The third-order valence-electron chi connectivity index (χ3n) is 14.1. The maximum Gasteiger partial charge on any atom is 0.0206 e. The second-order valence-corrected chi connectivity index (χ2v) is 17.3. The van der Waals surface area contributed by atoms with E-state index in [1.54, 1.807) is 11.1 Å². The zero-order valence-electron chi connectivity index (χ0n) is 29.8. The summed E-state index contributed by atoms with van der Waals surface area (Å²) in [7, 11) is 0. The second kappa shape index (κ2) is 11.2. The van der Waals surface area contributed by atoms with E-state index in [0.717, 1.165) is 24.7 Å². The van der Waals surface area contributed by atoms with Gasteiger partial charge in [-0.15, -0.1) is 0 Å². The minimum absolute atomic E-state index is 0.289. The van der Waals surface area contributed by atoms with Crippen molar-refractivity contribution in [2.24, 2.45) is 38.9 Å². The van der Waals surface area contributed by atoms with Crippen LogP contribution in [0.5, 0.6) is 0 Å². The lowest BCUT2D eigenvalue weighted by Gasteiger charge is -2.86. The Bertz CT molecular complexity index is 1310. The van der Waals surface area contributed by atoms with Gasteiger partial charge >= 0.3 is 0 Å². The molecule has 0 saturated heterocycles. The van der Waals surface area contributed by atoms with Crippen molar-refractivity contribution in [2.45, 2.75) is 127 Å². The van der Waals surface area contributed by atoms with Crippen LogP contribution in [0.3, 0.4) is 0 Å². The van der Waals surface area contributed by atoms with Gasteiger partial charge in [0.25, 0.3) is 0 Å². The monoisotopic (exact) mass is 581 g/mol. The molecule has 236 valence electrons. The second-order valence-electron chi connectivity index (χ2n) is 17.3. The van der Waals surface area contributed by atoms with Crippen LogP contribution in [0.25, 0.3) is 0 Å². The highest BCUT2D eigenvalue weighted by Crippen LogP contribution is 2.88. The molecule has 5 rings (SSSR count). The first-order valence-corrected chi connectivity index (χ1v) is 17.5. The molecule has 1 aromatic carbocycles. The average Bonchev–Trinajstić information content (AvgIpc) is 3.75. The maximum absolute atomic E-state index is 4.48. The fraction of sp³-hybridized carbons (Fsp3) is 0.667. The van der Waals surface area contributed by atoms with Crippen molar-refractivity contribution in [3.63, 3.8) is 0 Å². The molecular weight excluding hydrogens is 518 g/mol. The van der Waals surface area contributed by atoms with E-state index in [-0.39, 0.29) is 5.41 Å². The van der Waals surface area contributed by atoms with Gasteiger partial charge in [-0.05, 0) is 122 Å². The third kappa shape index (κ3) is 5.18. The highest BCUT2D eigenvalue weighted by Gasteiger charge is 2.83. The van der Waals surface area contributed by atoms with Gasteiger partial charge in [-0.3, -0.25) is 4.90 Å². The van der Waals surface area contributed by atoms with Gasteiger partial charge in [-0.25, -0.2) is 0 Å². The predicted molar refractivity (Wildman–Crippen MR) is 187 cm³/mol. The van der Waals surface area contributed by atoms with Crippen molar-refractivity contribution >= 4 is 0 Å². The summed E-state index contributed by atoms with van der Waals surface area (Å²) in [4.78, 5) is 2.95. The van der Waals surface area contributed by atoms with E-state index in [0.29, 0.717) is 27.7 Å². The molecule has 1 spiro atoms. The summed E-state index contributed by atoms with van der Waals surface area (Å²) in [5, 5.41) is 0. The highest BCUT2D eigenvalue weighted by molar-refractivity contribution is 5.47. The van der Waals surface area contributed by atoms with Gasteiger partial charge in [0.05, 0.1) is 0 Å². The number of benzene rings is 1. The van der Waals surface area contributed by atoms with Crippen LogP contribution < -0.4 is 0 Å². The van der Waals surface area contributed by atoms with Crippen LogP contribution in [0.1, 0.15) is 119 Å². The van der Waals surface area contributed by atoms with Crippen LogP contribution >= 0.6 is 0 Å². The van der Waals surface area contributed by atoms with Crippen LogP contribution in [-0.2, 0) is 6.42 Å². The van der Waals surface area contributed by atoms with Gasteiger partial charge < -0.3 is 0 Å². The molecule has 0 radical (unpaired) electrons. The van der Waals surface area contributed by atoms with Crippen molar-refractivity contribution in [1.29, 1.82) is 0 Å². The minimum atomic E-state index is 0.289.